The molecule has 1 N–H and O–H groups in total. The van der Waals surface area contributed by atoms with Crippen LogP contribution in [0, 0.1) is 17.8 Å². The zero-order valence-corrected chi connectivity index (χ0v) is 10.1. The number of ether oxygens (including phenoxy) is 1. The fourth-order valence-corrected chi connectivity index (χ4v) is 2.78. The lowest BCUT2D eigenvalue weighted by Gasteiger charge is -2.42. The lowest BCUT2D eigenvalue weighted by molar-refractivity contribution is -0.178. The third-order valence-corrected chi connectivity index (χ3v) is 3.59. The van der Waals surface area contributed by atoms with Crippen molar-refractivity contribution >= 4 is 5.97 Å². The van der Waals surface area contributed by atoms with Gasteiger partial charge < -0.3 is 9.84 Å². The number of hydrogen-bond donors (Lipinski definition) is 1. The van der Waals surface area contributed by atoms with Gasteiger partial charge in [-0.1, -0.05) is 27.2 Å². The molecule has 0 spiro atoms. The molecule has 1 aliphatic carbocycles. The summed E-state index contributed by atoms with van der Waals surface area (Å²) in [6, 6.07) is 0. The van der Waals surface area contributed by atoms with E-state index < -0.39 is 11.6 Å². The van der Waals surface area contributed by atoms with Crippen molar-refractivity contribution in [2.45, 2.75) is 45.6 Å². The summed E-state index contributed by atoms with van der Waals surface area (Å²) in [7, 11) is 1.34. The van der Waals surface area contributed by atoms with E-state index >= 15 is 0 Å². The highest BCUT2D eigenvalue weighted by Gasteiger charge is 2.49. The quantitative estimate of drug-likeness (QED) is 0.715. The molecule has 0 amide bonds. The molecule has 1 fully saturated rings. The molecule has 0 aromatic heterocycles. The second-order valence-electron chi connectivity index (χ2n) is 5.15. The van der Waals surface area contributed by atoms with E-state index in [1.54, 1.807) is 0 Å². The molecule has 1 saturated carbocycles. The summed E-state index contributed by atoms with van der Waals surface area (Å²) in [5, 5.41) is 10.5. The van der Waals surface area contributed by atoms with Gasteiger partial charge in [0.2, 0.25) is 0 Å². The van der Waals surface area contributed by atoms with Crippen LogP contribution < -0.4 is 0 Å². The molecule has 15 heavy (non-hydrogen) atoms. The minimum atomic E-state index is -1.26. The molecule has 0 bridgehead atoms. The van der Waals surface area contributed by atoms with Crippen molar-refractivity contribution in [1.29, 1.82) is 0 Å². The van der Waals surface area contributed by atoms with E-state index in [2.05, 4.69) is 20.8 Å². The number of carbonyl (C=O) groups is 1. The summed E-state index contributed by atoms with van der Waals surface area (Å²) in [4.78, 5) is 11.7. The molecule has 0 aromatic rings. The van der Waals surface area contributed by atoms with E-state index in [1.165, 1.54) is 7.11 Å². The number of carbonyl (C=O) groups excluding carboxylic acids is 1. The van der Waals surface area contributed by atoms with Gasteiger partial charge in [-0.2, -0.15) is 0 Å². The van der Waals surface area contributed by atoms with Crippen LogP contribution in [0.15, 0.2) is 0 Å². The topological polar surface area (TPSA) is 46.5 Å². The van der Waals surface area contributed by atoms with Crippen molar-refractivity contribution in [2.24, 2.45) is 17.8 Å². The average molecular weight is 214 g/mol. The SMILES string of the molecule is COC(=O)C1(O)CC(C)CCC1C(C)C. The summed E-state index contributed by atoms with van der Waals surface area (Å²) < 4.78 is 4.73. The molecule has 1 rings (SSSR count). The first-order chi connectivity index (χ1) is 6.91. The molecular weight excluding hydrogens is 192 g/mol. The Morgan fingerprint density at radius 2 is 2.07 bits per heavy atom. The van der Waals surface area contributed by atoms with Crippen LogP contribution in [0.5, 0.6) is 0 Å². The Morgan fingerprint density at radius 3 is 2.53 bits per heavy atom. The standard InChI is InChI=1S/C12H22O3/c1-8(2)10-6-5-9(3)7-12(10,14)11(13)15-4/h8-10,14H,5-7H2,1-4H3. The van der Waals surface area contributed by atoms with Crippen molar-refractivity contribution in [3.63, 3.8) is 0 Å². The summed E-state index contributed by atoms with van der Waals surface area (Å²) >= 11 is 0. The number of esters is 1. The van der Waals surface area contributed by atoms with Gasteiger partial charge in [0, 0.05) is 5.92 Å². The van der Waals surface area contributed by atoms with Crippen LogP contribution in [-0.4, -0.2) is 23.8 Å². The normalized spacial score (nSPS) is 36.7. The molecule has 3 unspecified atom stereocenters. The van der Waals surface area contributed by atoms with Crippen LogP contribution in [0.25, 0.3) is 0 Å². The molecule has 3 heteroatoms. The molecular formula is C12H22O3. The van der Waals surface area contributed by atoms with Crippen molar-refractivity contribution in [3.8, 4) is 0 Å². The molecule has 0 heterocycles. The molecule has 1 aliphatic rings. The van der Waals surface area contributed by atoms with Crippen molar-refractivity contribution < 1.29 is 14.6 Å². The maximum atomic E-state index is 11.7. The second kappa shape index (κ2) is 4.52. The Kier molecular flexibility index (Phi) is 3.77. The lowest BCUT2D eigenvalue weighted by atomic mass is 9.67. The fraction of sp³-hybridized carbons (Fsp3) is 0.917. The lowest BCUT2D eigenvalue weighted by Crippen LogP contribution is -2.52. The first-order valence-electron chi connectivity index (χ1n) is 5.72. The van der Waals surface area contributed by atoms with E-state index in [9.17, 15) is 9.90 Å². The average Bonchev–Trinajstić information content (AvgIpc) is 2.15. The zero-order valence-electron chi connectivity index (χ0n) is 10.1. The van der Waals surface area contributed by atoms with E-state index in [-0.39, 0.29) is 5.92 Å². The van der Waals surface area contributed by atoms with Gasteiger partial charge in [-0.3, -0.25) is 0 Å². The summed E-state index contributed by atoms with van der Waals surface area (Å²) in [6.45, 7) is 6.17. The minimum absolute atomic E-state index is 0.0288. The maximum Gasteiger partial charge on any atom is 0.338 e. The maximum absolute atomic E-state index is 11.7. The largest absolute Gasteiger partial charge is 0.467 e. The highest BCUT2D eigenvalue weighted by molar-refractivity contribution is 5.79. The Balaban J connectivity index is 2.91. The van der Waals surface area contributed by atoms with Gasteiger partial charge in [0.15, 0.2) is 5.60 Å². The number of rotatable bonds is 2. The molecule has 0 aliphatic heterocycles. The Labute approximate surface area is 91.8 Å². The third-order valence-electron chi connectivity index (χ3n) is 3.59. The third kappa shape index (κ3) is 2.33. The highest BCUT2D eigenvalue weighted by Crippen LogP contribution is 2.41. The van der Waals surface area contributed by atoms with Crippen LogP contribution in [0.3, 0.4) is 0 Å². The number of aliphatic hydroxyl groups is 1. The smallest absolute Gasteiger partial charge is 0.338 e. The van der Waals surface area contributed by atoms with Crippen LogP contribution in [0.4, 0.5) is 0 Å². The van der Waals surface area contributed by atoms with Gasteiger partial charge >= 0.3 is 5.97 Å². The minimum Gasteiger partial charge on any atom is -0.467 e. The Morgan fingerprint density at radius 1 is 1.47 bits per heavy atom. The Bertz CT molecular complexity index is 237. The van der Waals surface area contributed by atoms with Gasteiger partial charge in [-0.15, -0.1) is 0 Å². The van der Waals surface area contributed by atoms with Gasteiger partial charge in [-0.25, -0.2) is 4.79 Å². The summed E-state index contributed by atoms with van der Waals surface area (Å²) in [5.74, 6) is 0.264. The summed E-state index contributed by atoms with van der Waals surface area (Å²) in [6.07, 6.45) is 2.52. The molecule has 3 atom stereocenters. The fourth-order valence-electron chi connectivity index (χ4n) is 2.78. The predicted octanol–water partition coefficient (Wildman–Crippen LogP) is 1.98. The van der Waals surface area contributed by atoms with Crippen LogP contribution >= 0.6 is 0 Å². The van der Waals surface area contributed by atoms with Gasteiger partial charge in [-0.05, 0) is 24.7 Å². The van der Waals surface area contributed by atoms with Crippen molar-refractivity contribution in [2.75, 3.05) is 7.11 Å². The van der Waals surface area contributed by atoms with Crippen molar-refractivity contribution in [3.05, 3.63) is 0 Å². The molecule has 88 valence electrons. The van der Waals surface area contributed by atoms with Gasteiger partial charge in [0.1, 0.15) is 0 Å². The first-order valence-corrected chi connectivity index (χ1v) is 5.72. The Hall–Kier alpha value is -0.570. The van der Waals surface area contributed by atoms with Crippen LogP contribution in [0.1, 0.15) is 40.0 Å². The highest BCUT2D eigenvalue weighted by atomic mass is 16.5. The van der Waals surface area contributed by atoms with Crippen LogP contribution in [-0.2, 0) is 9.53 Å². The zero-order chi connectivity index (χ0) is 11.6. The van der Waals surface area contributed by atoms with E-state index in [4.69, 9.17) is 4.74 Å². The van der Waals surface area contributed by atoms with E-state index in [0.29, 0.717) is 18.3 Å². The van der Waals surface area contributed by atoms with E-state index in [0.717, 1.165) is 12.8 Å². The molecule has 0 radical (unpaired) electrons. The monoisotopic (exact) mass is 214 g/mol. The summed E-state index contributed by atoms with van der Waals surface area (Å²) in [5.41, 5.74) is -1.26. The van der Waals surface area contributed by atoms with Gasteiger partial charge in [0.25, 0.3) is 0 Å². The molecule has 0 aromatic carbocycles. The van der Waals surface area contributed by atoms with Gasteiger partial charge in [0.05, 0.1) is 7.11 Å². The second-order valence-corrected chi connectivity index (χ2v) is 5.15. The molecule has 0 saturated heterocycles. The number of methoxy groups -OCH3 is 1. The molecule has 3 nitrogen and oxygen atoms in total. The van der Waals surface area contributed by atoms with E-state index in [1.807, 2.05) is 0 Å². The predicted molar refractivity (Wildman–Crippen MR) is 58.3 cm³/mol. The first kappa shape index (κ1) is 12.5. The van der Waals surface area contributed by atoms with Crippen LogP contribution in [0.2, 0.25) is 0 Å². The van der Waals surface area contributed by atoms with Crippen molar-refractivity contribution in [1.82, 2.24) is 0 Å². The number of hydrogen-bond acceptors (Lipinski definition) is 3.